The maximum atomic E-state index is 12.1. The maximum Gasteiger partial charge on any atom is 0.270 e. The van der Waals surface area contributed by atoms with Crippen LogP contribution in [0.25, 0.3) is 0 Å². The number of nitrogens with zero attached hydrogens (tertiary/aromatic N) is 2. The molecular formula is C13H19N3O. The summed E-state index contributed by atoms with van der Waals surface area (Å²) in [6, 6.07) is 0.190. The average Bonchev–Trinajstić information content (AvgIpc) is 2.75. The molecule has 0 saturated carbocycles. The highest BCUT2D eigenvalue weighted by Crippen LogP contribution is 2.22. The van der Waals surface area contributed by atoms with Crippen LogP contribution in [0.3, 0.4) is 0 Å². The molecule has 1 aliphatic carbocycles. The van der Waals surface area contributed by atoms with Crippen molar-refractivity contribution in [1.29, 1.82) is 0 Å². The van der Waals surface area contributed by atoms with E-state index in [1.807, 2.05) is 13.8 Å². The molecule has 1 unspecified atom stereocenters. The fraction of sp³-hybridized carbons (Fsp3) is 0.615. The monoisotopic (exact) mass is 233 g/mol. The van der Waals surface area contributed by atoms with Gasteiger partial charge in [0.1, 0.15) is 11.5 Å². The summed E-state index contributed by atoms with van der Waals surface area (Å²) in [6.45, 7) is 5.91. The highest BCUT2D eigenvalue weighted by molar-refractivity contribution is 5.94. The smallest absolute Gasteiger partial charge is 0.270 e. The molecule has 1 N–H and O–H groups in total. The van der Waals surface area contributed by atoms with Crippen LogP contribution >= 0.6 is 0 Å². The van der Waals surface area contributed by atoms with Crippen molar-refractivity contribution in [3.05, 3.63) is 22.8 Å². The van der Waals surface area contributed by atoms with E-state index in [0.717, 1.165) is 36.9 Å². The number of aryl methyl sites for hydroxylation is 2. The summed E-state index contributed by atoms with van der Waals surface area (Å²) in [4.78, 5) is 20.8. The second-order valence-electron chi connectivity index (χ2n) is 4.68. The van der Waals surface area contributed by atoms with Crippen molar-refractivity contribution >= 4 is 5.91 Å². The number of carbonyl (C=O) groups is 1. The first-order valence-electron chi connectivity index (χ1n) is 6.29. The lowest BCUT2D eigenvalue weighted by atomic mass is 10.1. The fourth-order valence-electron chi connectivity index (χ4n) is 2.14. The topological polar surface area (TPSA) is 54.9 Å². The molecular weight excluding hydrogens is 214 g/mol. The summed E-state index contributed by atoms with van der Waals surface area (Å²) < 4.78 is 0. The third-order valence-corrected chi connectivity index (χ3v) is 3.25. The van der Waals surface area contributed by atoms with Crippen LogP contribution in [0.1, 0.15) is 54.3 Å². The van der Waals surface area contributed by atoms with Crippen LogP contribution in [0, 0.1) is 6.92 Å². The van der Waals surface area contributed by atoms with E-state index in [0.29, 0.717) is 11.5 Å². The van der Waals surface area contributed by atoms with Gasteiger partial charge in [-0.25, -0.2) is 9.97 Å². The Balaban J connectivity index is 2.29. The molecule has 2 rings (SSSR count). The van der Waals surface area contributed by atoms with Gasteiger partial charge in [-0.15, -0.1) is 0 Å². The molecule has 0 spiro atoms. The molecule has 1 aromatic rings. The van der Waals surface area contributed by atoms with E-state index in [1.54, 1.807) is 0 Å². The third-order valence-electron chi connectivity index (χ3n) is 3.25. The molecule has 17 heavy (non-hydrogen) atoms. The lowest BCUT2D eigenvalue weighted by Gasteiger charge is -2.13. The van der Waals surface area contributed by atoms with Gasteiger partial charge in [0.05, 0.1) is 0 Å². The van der Waals surface area contributed by atoms with E-state index >= 15 is 0 Å². The van der Waals surface area contributed by atoms with Gasteiger partial charge >= 0.3 is 0 Å². The molecule has 0 saturated heterocycles. The van der Waals surface area contributed by atoms with Crippen molar-refractivity contribution < 1.29 is 4.79 Å². The van der Waals surface area contributed by atoms with Crippen molar-refractivity contribution in [3.8, 4) is 0 Å². The van der Waals surface area contributed by atoms with Crippen molar-refractivity contribution in [2.24, 2.45) is 0 Å². The number of aromatic nitrogens is 2. The molecule has 1 aromatic heterocycles. The molecule has 4 heteroatoms. The van der Waals surface area contributed by atoms with Crippen LogP contribution in [0.4, 0.5) is 0 Å². The SMILES string of the molecule is CCC(C)NC(=O)c1nc(C)nc2c1CCC2. The molecule has 1 amide bonds. The standard InChI is InChI=1S/C13H19N3O/c1-4-8(2)14-13(17)12-10-6-5-7-11(10)15-9(3)16-12/h8H,4-7H2,1-3H3,(H,14,17). The Bertz CT molecular complexity index is 443. The first-order chi connectivity index (χ1) is 8.11. The Morgan fingerprint density at radius 1 is 1.41 bits per heavy atom. The zero-order valence-corrected chi connectivity index (χ0v) is 10.7. The minimum atomic E-state index is -0.0528. The molecule has 1 heterocycles. The quantitative estimate of drug-likeness (QED) is 0.866. The first kappa shape index (κ1) is 12.0. The van der Waals surface area contributed by atoms with Crippen molar-refractivity contribution in [2.75, 3.05) is 0 Å². The Hall–Kier alpha value is -1.45. The lowest BCUT2D eigenvalue weighted by molar-refractivity contribution is 0.0932. The van der Waals surface area contributed by atoms with Crippen LogP contribution in [-0.4, -0.2) is 21.9 Å². The molecule has 0 bridgehead atoms. The second-order valence-corrected chi connectivity index (χ2v) is 4.68. The molecule has 1 atom stereocenters. The summed E-state index contributed by atoms with van der Waals surface area (Å²) in [5, 5.41) is 2.97. The van der Waals surface area contributed by atoms with E-state index < -0.39 is 0 Å². The summed E-state index contributed by atoms with van der Waals surface area (Å²) in [5.41, 5.74) is 2.70. The fourth-order valence-corrected chi connectivity index (χ4v) is 2.14. The zero-order valence-electron chi connectivity index (χ0n) is 10.7. The summed E-state index contributed by atoms with van der Waals surface area (Å²) >= 11 is 0. The maximum absolute atomic E-state index is 12.1. The predicted octanol–water partition coefficient (Wildman–Crippen LogP) is 1.80. The lowest BCUT2D eigenvalue weighted by Crippen LogP contribution is -2.33. The minimum absolute atomic E-state index is 0.0528. The number of hydrogen-bond acceptors (Lipinski definition) is 3. The summed E-state index contributed by atoms with van der Waals surface area (Å²) in [6.07, 6.45) is 3.91. The summed E-state index contributed by atoms with van der Waals surface area (Å²) in [5.74, 6) is 0.642. The van der Waals surface area contributed by atoms with Crippen LogP contribution in [0.5, 0.6) is 0 Å². The van der Waals surface area contributed by atoms with Crippen LogP contribution in [0.15, 0.2) is 0 Å². The van der Waals surface area contributed by atoms with Gasteiger partial charge in [0.25, 0.3) is 5.91 Å². The Labute approximate surface area is 102 Å². The van der Waals surface area contributed by atoms with Crippen LogP contribution in [0.2, 0.25) is 0 Å². The molecule has 1 aliphatic rings. The van der Waals surface area contributed by atoms with E-state index in [4.69, 9.17) is 0 Å². The van der Waals surface area contributed by atoms with Gasteiger partial charge in [0.2, 0.25) is 0 Å². The number of hydrogen-bond donors (Lipinski definition) is 1. The Morgan fingerprint density at radius 3 is 2.88 bits per heavy atom. The Morgan fingerprint density at radius 2 is 2.18 bits per heavy atom. The minimum Gasteiger partial charge on any atom is -0.348 e. The van der Waals surface area contributed by atoms with Gasteiger partial charge in [0.15, 0.2) is 0 Å². The van der Waals surface area contributed by atoms with Gasteiger partial charge in [0, 0.05) is 17.3 Å². The van der Waals surface area contributed by atoms with Crippen LogP contribution in [-0.2, 0) is 12.8 Å². The Kier molecular flexibility index (Phi) is 3.41. The van der Waals surface area contributed by atoms with Crippen LogP contribution < -0.4 is 5.32 Å². The van der Waals surface area contributed by atoms with Gasteiger partial charge < -0.3 is 5.32 Å². The highest BCUT2D eigenvalue weighted by Gasteiger charge is 2.23. The third kappa shape index (κ3) is 2.46. The zero-order chi connectivity index (χ0) is 12.4. The molecule has 0 fully saturated rings. The number of rotatable bonds is 3. The van der Waals surface area contributed by atoms with E-state index in [2.05, 4.69) is 22.2 Å². The van der Waals surface area contributed by atoms with Gasteiger partial charge in [-0.2, -0.15) is 0 Å². The van der Waals surface area contributed by atoms with E-state index in [-0.39, 0.29) is 11.9 Å². The first-order valence-corrected chi connectivity index (χ1v) is 6.29. The molecule has 0 aromatic carbocycles. The number of fused-ring (bicyclic) bond motifs is 1. The predicted molar refractivity (Wildman–Crippen MR) is 66.0 cm³/mol. The molecule has 0 radical (unpaired) electrons. The molecule has 0 aliphatic heterocycles. The second kappa shape index (κ2) is 4.82. The molecule has 92 valence electrons. The highest BCUT2D eigenvalue weighted by atomic mass is 16.1. The van der Waals surface area contributed by atoms with Crippen molar-refractivity contribution in [1.82, 2.24) is 15.3 Å². The molecule has 4 nitrogen and oxygen atoms in total. The van der Waals surface area contributed by atoms with Crippen molar-refractivity contribution in [2.45, 2.75) is 52.5 Å². The van der Waals surface area contributed by atoms with E-state index in [9.17, 15) is 4.79 Å². The van der Waals surface area contributed by atoms with Gasteiger partial charge in [-0.1, -0.05) is 6.92 Å². The summed E-state index contributed by atoms with van der Waals surface area (Å²) in [7, 11) is 0. The largest absolute Gasteiger partial charge is 0.348 e. The van der Waals surface area contributed by atoms with Gasteiger partial charge in [-0.3, -0.25) is 4.79 Å². The number of amides is 1. The normalized spacial score (nSPS) is 15.5. The average molecular weight is 233 g/mol. The number of carbonyl (C=O) groups excluding carboxylic acids is 1. The number of nitrogens with one attached hydrogen (secondary N) is 1. The van der Waals surface area contributed by atoms with Crippen molar-refractivity contribution in [3.63, 3.8) is 0 Å². The van der Waals surface area contributed by atoms with E-state index in [1.165, 1.54) is 0 Å². The van der Waals surface area contributed by atoms with Gasteiger partial charge in [-0.05, 0) is 39.5 Å².